The Morgan fingerprint density at radius 2 is 2.09 bits per heavy atom. The largest absolute Gasteiger partial charge is 0.504 e. The van der Waals surface area contributed by atoms with Gasteiger partial charge >= 0.3 is 0 Å². The van der Waals surface area contributed by atoms with Gasteiger partial charge in [-0.05, 0) is 51.9 Å². The highest BCUT2D eigenvalue weighted by molar-refractivity contribution is 5.89. The van der Waals surface area contributed by atoms with Crippen molar-refractivity contribution in [3.8, 4) is 11.5 Å². The second kappa shape index (κ2) is 4.48. The number of aryl methyl sites for hydroxylation is 1. The molecule has 124 valence electrons. The van der Waals surface area contributed by atoms with Gasteiger partial charge in [0.15, 0.2) is 23.4 Å². The first-order valence-electron chi connectivity index (χ1n) is 8.28. The molecule has 23 heavy (non-hydrogen) atoms. The highest BCUT2D eigenvalue weighted by Crippen LogP contribution is 2.61. The van der Waals surface area contributed by atoms with Crippen molar-refractivity contribution >= 4 is 5.78 Å². The maximum absolute atomic E-state index is 12.6. The number of likely N-dealkylation sites (N-methyl/N-ethyl adjacent to an activating group) is 1. The van der Waals surface area contributed by atoms with Crippen LogP contribution in [-0.4, -0.2) is 52.2 Å². The lowest BCUT2D eigenvalue weighted by Crippen LogP contribution is -2.73. The van der Waals surface area contributed by atoms with E-state index >= 15 is 0 Å². The molecule has 1 spiro atoms. The third-order valence-corrected chi connectivity index (χ3v) is 6.50. The van der Waals surface area contributed by atoms with E-state index in [4.69, 9.17) is 4.74 Å². The summed E-state index contributed by atoms with van der Waals surface area (Å²) in [6, 6.07) is 3.37. The molecule has 0 aromatic heterocycles. The van der Waals surface area contributed by atoms with E-state index < -0.39 is 17.1 Å². The van der Waals surface area contributed by atoms with Crippen LogP contribution in [-0.2, 0) is 10.2 Å². The van der Waals surface area contributed by atoms with Crippen LogP contribution in [0.4, 0.5) is 0 Å². The number of carbonyl (C=O) groups is 1. The number of ketones is 1. The van der Waals surface area contributed by atoms with Gasteiger partial charge < -0.3 is 19.8 Å². The number of hydrogen-bond acceptors (Lipinski definition) is 5. The van der Waals surface area contributed by atoms with Crippen LogP contribution in [0.2, 0.25) is 0 Å². The van der Waals surface area contributed by atoms with Gasteiger partial charge in [-0.15, -0.1) is 0 Å². The Hall–Kier alpha value is -1.59. The van der Waals surface area contributed by atoms with Crippen LogP contribution in [0.25, 0.3) is 0 Å². The smallest absolute Gasteiger partial charge is 0.174 e. The minimum absolute atomic E-state index is 0.0291. The Kier molecular flexibility index (Phi) is 2.92. The Bertz CT molecular complexity index is 703. The number of fused-ring (bicyclic) bond motifs is 1. The van der Waals surface area contributed by atoms with Crippen LogP contribution in [0.1, 0.15) is 37.3 Å². The van der Waals surface area contributed by atoms with Gasteiger partial charge in [0.1, 0.15) is 0 Å². The Balaban J connectivity index is 2.02. The van der Waals surface area contributed by atoms with Gasteiger partial charge in [-0.2, -0.15) is 0 Å². The van der Waals surface area contributed by atoms with E-state index in [1.54, 1.807) is 6.07 Å². The molecule has 1 saturated carbocycles. The molecule has 2 fully saturated rings. The molecule has 2 aliphatic heterocycles. The minimum Gasteiger partial charge on any atom is -0.504 e. The summed E-state index contributed by atoms with van der Waals surface area (Å²) in [6.45, 7) is 4.76. The van der Waals surface area contributed by atoms with Crippen molar-refractivity contribution in [3.63, 3.8) is 0 Å². The van der Waals surface area contributed by atoms with Crippen LogP contribution < -0.4 is 4.74 Å². The number of Topliss-reactive ketones (excluding diaryl/α,β-unsaturated/α-hetero) is 1. The minimum atomic E-state index is -1.04. The standard InChI is InChI=1S/C18H23NO4/c1-10-4-5-12(20)15-14(10)17-8-9-19(3)11(2)18(17,22)7-6-13(21)16(17)23-15/h4-5,11,16,20,22H,6-9H2,1-3H3/t11-,16+,17+,18-/m1/s1. The van der Waals surface area contributed by atoms with Crippen molar-refractivity contribution in [3.05, 3.63) is 23.3 Å². The molecule has 5 heteroatoms. The lowest BCUT2D eigenvalue weighted by atomic mass is 9.52. The summed E-state index contributed by atoms with van der Waals surface area (Å²) in [7, 11) is 2.01. The molecular weight excluding hydrogens is 294 g/mol. The second-order valence-electron chi connectivity index (χ2n) is 7.37. The van der Waals surface area contributed by atoms with Gasteiger partial charge in [0.05, 0.1) is 11.0 Å². The Morgan fingerprint density at radius 3 is 2.83 bits per heavy atom. The molecule has 0 radical (unpaired) electrons. The van der Waals surface area contributed by atoms with Gasteiger partial charge in [-0.3, -0.25) is 4.79 Å². The fraction of sp³-hybridized carbons (Fsp3) is 0.611. The van der Waals surface area contributed by atoms with E-state index in [-0.39, 0.29) is 17.6 Å². The molecule has 0 amide bonds. The first-order valence-corrected chi connectivity index (χ1v) is 8.28. The normalized spacial score (nSPS) is 39.4. The van der Waals surface area contributed by atoms with Crippen molar-refractivity contribution in [1.29, 1.82) is 0 Å². The highest BCUT2D eigenvalue weighted by atomic mass is 16.5. The van der Waals surface area contributed by atoms with Crippen LogP contribution >= 0.6 is 0 Å². The summed E-state index contributed by atoms with van der Waals surface area (Å²) >= 11 is 0. The van der Waals surface area contributed by atoms with E-state index in [1.807, 2.05) is 27.0 Å². The monoisotopic (exact) mass is 317 g/mol. The summed E-state index contributed by atoms with van der Waals surface area (Å²) in [5.74, 6) is 0.470. The average molecular weight is 317 g/mol. The van der Waals surface area contributed by atoms with Crippen molar-refractivity contribution < 1.29 is 19.7 Å². The molecule has 1 aliphatic carbocycles. The first kappa shape index (κ1) is 15.0. The fourth-order valence-corrected chi connectivity index (χ4v) is 5.11. The second-order valence-corrected chi connectivity index (χ2v) is 7.37. The summed E-state index contributed by atoms with van der Waals surface area (Å²) in [4.78, 5) is 14.8. The van der Waals surface area contributed by atoms with Crippen LogP contribution in [0.3, 0.4) is 0 Å². The summed E-state index contributed by atoms with van der Waals surface area (Å²) in [5.41, 5.74) is -0.00222. The zero-order valence-corrected chi connectivity index (χ0v) is 13.8. The number of hydrogen-bond donors (Lipinski definition) is 2. The number of nitrogens with zero attached hydrogens (tertiary/aromatic N) is 1. The van der Waals surface area contributed by atoms with Crippen molar-refractivity contribution in [2.45, 2.75) is 56.3 Å². The molecule has 0 bridgehead atoms. The number of aromatic hydroxyl groups is 1. The Morgan fingerprint density at radius 1 is 1.35 bits per heavy atom. The molecule has 2 N–H and O–H groups in total. The van der Waals surface area contributed by atoms with E-state index in [2.05, 4.69) is 4.90 Å². The van der Waals surface area contributed by atoms with E-state index in [9.17, 15) is 15.0 Å². The maximum atomic E-state index is 12.6. The third kappa shape index (κ3) is 1.57. The van der Waals surface area contributed by atoms with E-state index in [0.717, 1.165) is 17.7 Å². The fourth-order valence-electron chi connectivity index (χ4n) is 5.11. The lowest BCUT2D eigenvalue weighted by Gasteiger charge is -2.58. The van der Waals surface area contributed by atoms with Crippen molar-refractivity contribution in [1.82, 2.24) is 4.90 Å². The van der Waals surface area contributed by atoms with Gasteiger partial charge in [-0.25, -0.2) is 0 Å². The van der Waals surface area contributed by atoms with Crippen LogP contribution in [0.5, 0.6) is 11.5 Å². The predicted octanol–water partition coefficient (Wildman–Crippen LogP) is 1.52. The summed E-state index contributed by atoms with van der Waals surface area (Å²) < 4.78 is 5.97. The molecule has 3 aliphatic rings. The number of ether oxygens (including phenoxy) is 1. The number of carbonyl (C=O) groups excluding carboxylic acids is 1. The third-order valence-electron chi connectivity index (χ3n) is 6.50. The summed E-state index contributed by atoms with van der Waals surface area (Å²) in [5, 5.41) is 22.0. The quantitative estimate of drug-likeness (QED) is 0.759. The summed E-state index contributed by atoms with van der Waals surface area (Å²) in [6.07, 6.45) is 0.706. The highest BCUT2D eigenvalue weighted by Gasteiger charge is 2.70. The van der Waals surface area contributed by atoms with Gasteiger partial charge in [0, 0.05) is 18.0 Å². The number of aliphatic hydroxyl groups is 1. The van der Waals surface area contributed by atoms with Crippen LogP contribution in [0.15, 0.2) is 12.1 Å². The molecule has 2 heterocycles. The van der Waals surface area contributed by atoms with Crippen LogP contribution in [0, 0.1) is 6.92 Å². The number of benzene rings is 1. The topological polar surface area (TPSA) is 70.0 Å². The van der Waals surface area contributed by atoms with Gasteiger partial charge in [0.25, 0.3) is 0 Å². The number of piperidine rings is 1. The SMILES string of the molecule is Cc1ccc(O)c2c1[C@]13CCN(C)[C@H](C)[C@]1(O)CCC(=O)[C@@H]3O2. The molecule has 1 aromatic rings. The zero-order chi connectivity index (χ0) is 16.6. The van der Waals surface area contributed by atoms with Crippen molar-refractivity contribution in [2.75, 3.05) is 13.6 Å². The van der Waals surface area contributed by atoms with Crippen molar-refractivity contribution in [2.24, 2.45) is 0 Å². The molecule has 1 aromatic carbocycles. The van der Waals surface area contributed by atoms with E-state index in [0.29, 0.717) is 25.0 Å². The van der Waals surface area contributed by atoms with Gasteiger partial charge in [-0.1, -0.05) is 6.07 Å². The number of phenols is 1. The van der Waals surface area contributed by atoms with Gasteiger partial charge in [0.2, 0.25) is 0 Å². The molecular formula is C18H23NO4. The molecule has 1 saturated heterocycles. The number of likely N-dealkylation sites (tertiary alicyclic amines) is 1. The predicted molar refractivity (Wildman–Crippen MR) is 84.8 cm³/mol. The first-order chi connectivity index (χ1) is 10.8. The number of rotatable bonds is 0. The molecule has 5 nitrogen and oxygen atoms in total. The number of phenolic OH excluding ortho intramolecular Hbond substituents is 1. The molecule has 0 unspecified atom stereocenters. The Labute approximate surface area is 135 Å². The van der Waals surface area contributed by atoms with E-state index in [1.165, 1.54) is 0 Å². The average Bonchev–Trinajstić information content (AvgIpc) is 2.89. The maximum Gasteiger partial charge on any atom is 0.174 e. The molecule has 4 atom stereocenters. The lowest BCUT2D eigenvalue weighted by molar-refractivity contribution is -0.178. The zero-order valence-electron chi connectivity index (χ0n) is 13.8. The molecule has 4 rings (SSSR count).